The third kappa shape index (κ3) is 9.79. The molecule has 4 heterocycles. The summed E-state index contributed by atoms with van der Waals surface area (Å²) in [6.07, 6.45) is -29.2. The molecular formula is C30H51N3O21. The van der Waals surface area contributed by atoms with Crippen LogP contribution in [0.2, 0.25) is 0 Å². The van der Waals surface area contributed by atoms with E-state index in [-0.39, 0.29) is 0 Å². The van der Waals surface area contributed by atoms with Crippen LogP contribution in [-0.4, -0.2) is 223 Å². The number of hydrogen-bond donors (Lipinski definition) is 14. The van der Waals surface area contributed by atoms with E-state index in [1.54, 1.807) is 0 Å². The van der Waals surface area contributed by atoms with Gasteiger partial charge in [-0.1, -0.05) is 0 Å². The van der Waals surface area contributed by atoms with E-state index >= 15 is 0 Å². The van der Waals surface area contributed by atoms with Crippen LogP contribution in [0, 0.1) is 0 Å². The average Bonchev–Trinajstić information content (AvgIpc) is 3.11. The van der Waals surface area contributed by atoms with E-state index in [9.17, 15) is 70.6 Å². The molecule has 312 valence electrons. The quantitative estimate of drug-likeness (QED) is 0.0823. The van der Waals surface area contributed by atoms with Crippen LogP contribution in [0.4, 0.5) is 0 Å². The van der Waals surface area contributed by atoms with Crippen molar-refractivity contribution < 1.29 is 104 Å². The maximum absolute atomic E-state index is 12.3. The minimum absolute atomic E-state index is 0.681. The SMILES string of the molecule is CC(=O)N[C@H]1[C@H](O[C@@H]2[C@H](O)[C@@H](O)[C@H](O[C@H]3[C@@H](O)[C@@H](CO)OC(O)[C@@H]3NC(C)=O)O[C@@H]2CO)O[C@H](CO)[C@@H](O[C@H]2O[C@H](CO)[C@@H](O)[C@H](O)[C@H]2NC(C)=O)[C@@H]1O. The van der Waals surface area contributed by atoms with Gasteiger partial charge in [0, 0.05) is 20.8 Å². The molecule has 1 unspecified atom stereocenters. The van der Waals surface area contributed by atoms with Crippen molar-refractivity contribution in [2.24, 2.45) is 0 Å². The van der Waals surface area contributed by atoms with Crippen molar-refractivity contribution >= 4 is 17.7 Å². The van der Waals surface area contributed by atoms with E-state index in [4.69, 9.17) is 33.2 Å². The Balaban J connectivity index is 1.55. The molecule has 4 rings (SSSR count). The number of aliphatic hydroxyl groups excluding tert-OH is 11. The summed E-state index contributed by atoms with van der Waals surface area (Å²) in [7, 11) is 0. The Labute approximate surface area is 307 Å². The first-order valence-electron chi connectivity index (χ1n) is 17.1. The molecule has 3 amide bonds. The summed E-state index contributed by atoms with van der Waals surface area (Å²) < 4.78 is 39.7. The molecule has 0 radical (unpaired) electrons. The Morgan fingerprint density at radius 2 is 0.833 bits per heavy atom. The second-order valence-corrected chi connectivity index (χ2v) is 13.3. The lowest BCUT2D eigenvalue weighted by atomic mass is 9.93. The molecule has 0 aliphatic carbocycles. The van der Waals surface area contributed by atoms with E-state index < -0.39 is 167 Å². The summed E-state index contributed by atoms with van der Waals surface area (Å²) >= 11 is 0. The summed E-state index contributed by atoms with van der Waals surface area (Å²) in [6.45, 7) is -0.170. The molecule has 4 fully saturated rings. The lowest BCUT2D eigenvalue weighted by molar-refractivity contribution is -0.371. The number of carbonyl (C=O) groups excluding carboxylic acids is 3. The van der Waals surface area contributed by atoms with Crippen molar-refractivity contribution in [3.8, 4) is 0 Å². The molecule has 4 aliphatic heterocycles. The summed E-state index contributed by atoms with van der Waals surface area (Å²) in [4.78, 5) is 36.0. The van der Waals surface area contributed by atoms with Gasteiger partial charge in [0.05, 0.1) is 26.4 Å². The Hall–Kier alpha value is -2.31. The summed E-state index contributed by atoms with van der Waals surface area (Å²) in [6, 6.07) is -4.54. The van der Waals surface area contributed by atoms with Crippen molar-refractivity contribution in [1.82, 2.24) is 16.0 Å². The fourth-order valence-electron chi connectivity index (χ4n) is 6.76. The Morgan fingerprint density at radius 1 is 0.444 bits per heavy atom. The second-order valence-electron chi connectivity index (χ2n) is 13.3. The van der Waals surface area contributed by atoms with Crippen LogP contribution >= 0.6 is 0 Å². The monoisotopic (exact) mass is 789 g/mol. The highest BCUT2D eigenvalue weighted by Gasteiger charge is 2.56. The normalized spacial score (nSPS) is 45.7. The summed E-state index contributed by atoms with van der Waals surface area (Å²) in [5.74, 6) is -2.11. The van der Waals surface area contributed by atoms with Crippen molar-refractivity contribution in [1.29, 1.82) is 0 Å². The molecule has 0 saturated carbocycles. The molecule has 14 N–H and O–H groups in total. The van der Waals surface area contributed by atoms with Crippen LogP contribution in [0.1, 0.15) is 20.8 Å². The van der Waals surface area contributed by atoms with Gasteiger partial charge in [-0.25, -0.2) is 0 Å². The lowest BCUT2D eigenvalue weighted by Gasteiger charge is -2.50. The number of rotatable bonds is 13. The molecule has 24 heteroatoms. The van der Waals surface area contributed by atoms with Crippen LogP contribution in [0.25, 0.3) is 0 Å². The zero-order valence-electron chi connectivity index (χ0n) is 29.4. The molecule has 4 aliphatic rings. The highest BCUT2D eigenvalue weighted by Crippen LogP contribution is 2.34. The molecule has 0 aromatic carbocycles. The van der Waals surface area contributed by atoms with Gasteiger partial charge in [0.2, 0.25) is 17.7 Å². The molecule has 0 bridgehead atoms. The Kier molecular flexibility index (Phi) is 15.8. The van der Waals surface area contributed by atoms with Crippen LogP contribution in [-0.2, 0) is 47.5 Å². The molecule has 20 atom stereocenters. The highest BCUT2D eigenvalue weighted by atomic mass is 16.8. The van der Waals surface area contributed by atoms with Gasteiger partial charge in [0.1, 0.15) is 97.5 Å². The minimum atomic E-state index is -2.05. The lowest BCUT2D eigenvalue weighted by Crippen LogP contribution is -2.70. The molecule has 0 aromatic heterocycles. The van der Waals surface area contributed by atoms with E-state index in [0.717, 1.165) is 20.8 Å². The standard InChI is InChI=1S/C30H51N3O21/c1-8(38)31-15-20(43)18(41)11(4-34)49-28(15)52-24-13(6-36)50-29(16(21(24)44)32-9(2)39)53-25-14(7-37)51-30(23(46)22(25)45)54-26-17(33-10(3)40)27(47)48-12(5-35)19(26)42/h11-30,34-37,41-47H,4-7H2,1-3H3,(H,31,38)(H,32,39)(H,33,40)/t11-,12-,13-,14-,15-,16-,17-,18-,19+,20-,21-,22-,23-,24-,25+,26-,27?,28-,29+,30+/m1/s1. The first-order chi connectivity index (χ1) is 25.5. The van der Waals surface area contributed by atoms with Gasteiger partial charge < -0.3 is 105 Å². The zero-order chi connectivity index (χ0) is 40.2. The summed E-state index contributed by atoms with van der Waals surface area (Å²) in [5.41, 5.74) is 0. The fraction of sp³-hybridized carbons (Fsp3) is 0.900. The van der Waals surface area contributed by atoms with Crippen LogP contribution < -0.4 is 16.0 Å². The van der Waals surface area contributed by atoms with E-state index in [1.807, 2.05) is 0 Å². The maximum atomic E-state index is 12.3. The van der Waals surface area contributed by atoms with E-state index in [0.29, 0.717) is 0 Å². The molecule has 24 nitrogen and oxygen atoms in total. The van der Waals surface area contributed by atoms with Crippen LogP contribution in [0.3, 0.4) is 0 Å². The van der Waals surface area contributed by atoms with Crippen LogP contribution in [0.15, 0.2) is 0 Å². The fourth-order valence-corrected chi connectivity index (χ4v) is 6.76. The van der Waals surface area contributed by atoms with Gasteiger partial charge in [-0.2, -0.15) is 0 Å². The molecule has 54 heavy (non-hydrogen) atoms. The van der Waals surface area contributed by atoms with Gasteiger partial charge in [0.15, 0.2) is 25.2 Å². The van der Waals surface area contributed by atoms with Crippen molar-refractivity contribution in [3.05, 3.63) is 0 Å². The van der Waals surface area contributed by atoms with Crippen molar-refractivity contribution in [2.75, 3.05) is 26.4 Å². The first-order valence-corrected chi connectivity index (χ1v) is 17.1. The van der Waals surface area contributed by atoms with Crippen LogP contribution in [0.5, 0.6) is 0 Å². The minimum Gasteiger partial charge on any atom is -0.394 e. The Bertz CT molecular complexity index is 1250. The molecule has 0 spiro atoms. The van der Waals surface area contributed by atoms with E-state index in [1.165, 1.54) is 0 Å². The van der Waals surface area contributed by atoms with Gasteiger partial charge in [-0.3, -0.25) is 14.4 Å². The topological polar surface area (TPSA) is 374 Å². The number of ether oxygens (including phenoxy) is 7. The molecule has 0 aromatic rings. The third-order valence-corrected chi connectivity index (χ3v) is 9.41. The smallest absolute Gasteiger partial charge is 0.217 e. The zero-order valence-corrected chi connectivity index (χ0v) is 29.4. The average molecular weight is 790 g/mol. The van der Waals surface area contributed by atoms with Gasteiger partial charge in [-0.05, 0) is 0 Å². The molecular weight excluding hydrogens is 738 g/mol. The maximum Gasteiger partial charge on any atom is 0.217 e. The number of amides is 3. The number of aliphatic hydroxyl groups is 11. The predicted octanol–water partition coefficient (Wildman–Crippen LogP) is -9.32. The Morgan fingerprint density at radius 3 is 1.31 bits per heavy atom. The number of hydrogen-bond acceptors (Lipinski definition) is 21. The summed E-state index contributed by atoms with van der Waals surface area (Å²) in [5, 5.41) is 123. The largest absolute Gasteiger partial charge is 0.394 e. The predicted molar refractivity (Wildman–Crippen MR) is 169 cm³/mol. The van der Waals surface area contributed by atoms with Gasteiger partial charge in [0.25, 0.3) is 0 Å². The van der Waals surface area contributed by atoms with Gasteiger partial charge in [-0.15, -0.1) is 0 Å². The number of nitrogens with one attached hydrogen (secondary N) is 3. The van der Waals surface area contributed by atoms with Crippen molar-refractivity contribution in [3.63, 3.8) is 0 Å². The second kappa shape index (κ2) is 19.2. The third-order valence-electron chi connectivity index (χ3n) is 9.41. The number of carbonyl (C=O) groups is 3. The van der Waals surface area contributed by atoms with E-state index in [2.05, 4.69) is 16.0 Å². The van der Waals surface area contributed by atoms with Gasteiger partial charge >= 0.3 is 0 Å². The highest BCUT2D eigenvalue weighted by molar-refractivity contribution is 5.74. The van der Waals surface area contributed by atoms with Crippen molar-refractivity contribution in [2.45, 2.75) is 143 Å². The first kappa shape index (κ1) is 44.4. The molecule has 4 saturated heterocycles.